The number of amides is 1. The molecule has 0 spiro atoms. The zero-order valence-corrected chi connectivity index (χ0v) is 10.9. The molecule has 0 aliphatic carbocycles. The van der Waals surface area contributed by atoms with Crippen molar-refractivity contribution < 1.29 is 18.0 Å². The molecule has 1 atom stereocenters. The fraction of sp³-hybridized carbons (Fsp3) is 0.364. The lowest BCUT2D eigenvalue weighted by atomic mass is 10.1. The normalized spacial score (nSPS) is 12.4. The summed E-state index contributed by atoms with van der Waals surface area (Å²) in [4.78, 5) is 13.0. The van der Waals surface area contributed by atoms with Gasteiger partial charge in [0.2, 0.25) is 0 Å². The molecule has 0 aliphatic rings. The summed E-state index contributed by atoms with van der Waals surface area (Å²) < 4.78 is 39.4. The van der Waals surface area contributed by atoms with Crippen LogP contribution in [0.4, 0.5) is 13.2 Å². The van der Waals surface area contributed by atoms with E-state index in [1.54, 1.807) is 6.92 Å². The third kappa shape index (κ3) is 3.00. The molecule has 1 unspecified atom stereocenters. The Kier molecular flexibility index (Phi) is 4.56. The highest BCUT2D eigenvalue weighted by Crippen LogP contribution is 2.17. The van der Waals surface area contributed by atoms with E-state index in [-0.39, 0.29) is 6.04 Å². The van der Waals surface area contributed by atoms with Gasteiger partial charge < -0.3 is 4.90 Å². The van der Waals surface area contributed by atoms with Crippen molar-refractivity contribution in [3.8, 4) is 0 Å². The van der Waals surface area contributed by atoms with E-state index in [0.29, 0.717) is 17.5 Å². The van der Waals surface area contributed by atoms with Gasteiger partial charge in [0.1, 0.15) is 23.0 Å². The quantitative estimate of drug-likeness (QED) is 0.786. The number of benzene rings is 1. The van der Waals surface area contributed by atoms with Crippen LogP contribution in [0.3, 0.4) is 0 Å². The fourth-order valence-corrected chi connectivity index (χ4v) is 1.66. The van der Waals surface area contributed by atoms with Crippen molar-refractivity contribution >= 4 is 21.8 Å². The molecule has 94 valence electrons. The van der Waals surface area contributed by atoms with Gasteiger partial charge in [-0.05, 0) is 6.92 Å². The number of carbonyl (C=O) groups is 1. The minimum absolute atomic E-state index is 0.230. The highest BCUT2D eigenvalue weighted by Gasteiger charge is 2.24. The van der Waals surface area contributed by atoms with Crippen molar-refractivity contribution in [2.75, 3.05) is 12.4 Å². The molecule has 1 amide bonds. The Morgan fingerprint density at radius 3 is 2.24 bits per heavy atom. The van der Waals surface area contributed by atoms with E-state index in [9.17, 15) is 18.0 Å². The molecule has 0 aliphatic heterocycles. The van der Waals surface area contributed by atoms with Crippen molar-refractivity contribution in [1.82, 2.24) is 4.90 Å². The van der Waals surface area contributed by atoms with Gasteiger partial charge in [-0.15, -0.1) is 0 Å². The molecular weight excluding hydrogens is 299 g/mol. The summed E-state index contributed by atoms with van der Waals surface area (Å²) in [6.07, 6.45) is 0. The van der Waals surface area contributed by atoms with Gasteiger partial charge in [-0.25, -0.2) is 13.2 Å². The van der Waals surface area contributed by atoms with E-state index in [1.807, 2.05) is 0 Å². The fourth-order valence-electron chi connectivity index (χ4n) is 1.23. The van der Waals surface area contributed by atoms with E-state index >= 15 is 0 Å². The van der Waals surface area contributed by atoms with Crippen LogP contribution >= 0.6 is 15.9 Å². The Balaban J connectivity index is 3.13. The lowest BCUT2D eigenvalue weighted by molar-refractivity contribution is 0.0748. The zero-order valence-electron chi connectivity index (χ0n) is 9.31. The topological polar surface area (TPSA) is 20.3 Å². The molecule has 0 N–H and O–H groups in total. The first kappa shape index (κ1) is 14.0. The van der Waals surface area contributed by atoms with Crippen molar-refractivity contribution in [3.63, 3.8) is 0 Å². The summed E-state index contributed by atoms with van der Waals surface area (Å²) in [6.45, 7) is 1.71. The maximum atomic E-state index is 13.4. The first-order valence-corrected chi connectivity index (χ1v) is 5.98. The Labute approximate surface area is 106 Å². The van der Waals surface area contributed by atoms with Crippen LogP contribution in [0.25, 0.3) is 0 Å². The second-order valence-electron chi connectivity index (χ2n) is 3.66. The predicted molar refractivity (Wildman–Crippen MR) is 61.7 cm³/mol. The van der Waals surface area contributed by atoms with E-state index < -0.39 is 28.9 Å². The molecule has 1 aromatic rings. The number of rotatable bonds is 3. The van der Waals surface area contributed by atoms with Crippen LogP contribution in [0.15, 0.2) is 12.1 Å². The van der Waals surface area contributed by atoms with Crippen LogP contribution in [0.1, 0.15) is 17.3 Å². The highest BCUT2D eigenvalue weighted by molar-refractivity contribution is 9.09. The molecule has 0 bridgehead atoms. The molecule has 1 aromatic carbocycles. The Morgan fingerprint density at radius 1 is 1.35 bits per heavy atom. The summed E-state index contributed by atoms with van der Waals surface area (Å²) in [5.41, 5.74) is -0.735. The average Bonchev–Trinajstić information content (AvgIpc) is 2.25. The smallest absolute Gasteiger partial charge is 0.259 e. The van der Waals surface area contributed by atoms with Gasteiger partial charge in [0, 0.05) is 30.6 Å². The van der Waals surface area contributed by atoms with E-state index in [1.165, 1.54) is 11.9 Å². The van der Waals surface area contributed by atoms with E-state index in [4.69, 9.17) is 0 Å². The van der Waals surface area contributed by atoms with E-state index in [2.05, 4.69) is 15.9 Å². The minimum Gasteiger partial charge on any atom is -0.338 e. The molecule has 2 nitrogen and oxygen atoms in total. The van der Waals surface area contributed by atoms with Gasteiger partial charge in [-0.2, -0.15) is 0 Å². The molecule has 0 fully saturated rings. The van der Waals surface area contributed by atoms with Crippen LogP contribution in [-0.4, -0.2) is 29.2 Å². The Morgan fingerprint density at radius 2 is 1.82 bits per heavy atom. The minimum atomic E-state index is -1.19. The highest BCUT2D eigenvalue weighted by atomic mass is 79.9. The first-order chi connectivity index (χ1) is 7.88. The van der Waals surface area contributed by atoms with Gasteiger partial charge in [-0.1, -0.05) is 15.9 Å². The maximum Gasteiger partial charge on any atom is 0.259 e. The lowest BCUT2D eigenvalue weighted by Gasteiger charge is -2.23. The lowest BCUT2D eigenvalue weighted by Crippen LogP contribution is -2.37. The molecule has 6 heteroatoms. The largest absolute Gasteiger partial charge is 0.338 e. The van der Waals surface area contributed by atoms with Gasteiger partial charge in [0.15, 0.2) is 0 Å². The third-order valence-electron chi connectivity index (χ3n) is 2.43. The van der Waals surface area contributed by atoms with Gasteiger partial charge in [-0.3, -0.25) is 4.79 Å². The monoisotopic (exact) mass is 309 g/mol. The van der Waals surface area contributed by atoms with Crippen LogP contribution in [0.5, 0.6) is 0 Å². The SMILES string of the molecule is CC(CBr)N(C)C(=O)c1c(F)cc(F)cc1F. The van der Waals surface area contributed by atoms with Crippen LogP contribution in [0, 0.1) is 17.5 Å². The third-order valence-corrected chi connectivity index (χ3v) is 3.36. The number of hydrogen-bond acceptors (Lipinski definition) is 1. The average molecular weight is 310 g/mol. The number of hydrogen-bond donors (Lipinski definition) is 0. The molecule has 0 aromatic heterocycles. The second-order valence-corrected chi connectivity index (χ2v) is 4.31. The molecule has 0 saturated heterocycles. The Hall–Kier alpha value is -1.04. The van der Waals surface area contributed by atoms with Crippen molar-refractivity contribution in [1.29, 1.82) is 0 Å². The number of nitrogens with zero attached hydrogens (tertiary/aromatic N) is 1. The summed E-state index contributed by atoms with van der Waals surface area (Å²) in [6, 6.07) is 0.748. The molecule has 17 heavy (non-hydrogen) atoms. The van der Waals surface area contributed by atoms with Gasteiger partial charge >= 0.3 is 0 Å². The summed E-state index contributed by atoms with van der Waals surface area (Å²) in [5.74, 6) is -4.25. The van der Waals surface area contributed by atoms with Gasteiger partial charge in [0.25, 0.3) is 5.91 Å². The molecule has 0 saturated carbocycles. The molecular formula is C11H11BrF3NO. The molecule has 0 heterocycles. The molecule has 0 radical (unpaired) electrons. The maximum absolute atomic E-state index is 13.4. The van der Waals surface area contributed by atoms with E-state index in [0.717, 1.165) is 0 Å². The van der Waals surface area contributed by atoms with Crippen LogP contribution in [-0.2, 0) is 0 Å². The van der Waals surface area contributed by atoms with Crippen LogP contribution < -0.4 is 0 Å². The number of alkyl halides is 1. The van der Waals surface area contributed by atoms with Crippen molar-refractivity contribution in [3.05, 3.63) is 35.1 Å². The first-order valence-electron chi connectivity index (χ1n) is 4.86. The number of carbonyl (C=O) groups excluding carboxylic acids is 1. The zero-order chi connectivity index (χ0) is 13.2. The Bertz CT molecular complexity index is 416. The summed E-state index contributed by atoms with van der Waals surface area (Å²) in [5, 5.41) is 0.472. The predicted octanol–water partition coefficient (Wildman–Crippen LogP) is 2.96. The van der Waals surface area contributed by atoms with Crippen molar-refractivity contribution in [2.24, 2.45) is 0 Å². The standard InChI is InChI=1S/C11H11BrF3NO/c1-6(5-12)16(2)11(17)10-8(14)3-7(13)4-9(10)15/h3-4,6H,5H2,1-2H3. The second kappa shape index (κ2) is 5.53. The summed E-state index contributed by atoms with van der Waals surface area (Å²) in [7, 11) is 1.43. The van der Waals surface area contributed by atoms with Crippen LogP contribution in [0.2, 0.25) is 0 Å². The summed E-state index contributed by atoms with van der Waals surface area (Å²) >= 11 is 3.16. The van der Waals surface area contributed by atoms with Crippen molar-refractivity contribution in [2.45, 2.75) is 13.0 Å². The molecule has 1 rings (SSSR count). The van der Waals surface area contributed by atoms with Gasteiger partial charge in [0.05, 0.1) is 0 Å². The number of halogens is 4.